The van der Waals surface area contributed by atoms with Gasteiger partial charge in [0.2, 0.25) is 0 Å². The Hall–Kier alpha value is -1.69. The third-order valence-electron chi connectivity index (χ3n) is 2.80. The molecule has 18 heavy (non-hydrogen) atoms. The lowest BCUT2D eigenvalue weighted by atomic mass is 9.76. The van der Waals surface area contributed by atoms with Gasteiger partial charge in [-0.25, -0.2) is 0 Å². The molecule has 0 spiro atoms. The Kier molecular flexibility index (Phi) is 4.61. The van der Waals surface area contributed by atoms with Gasteiger partial charge in [-0.1, -0.05) is 13.8 Å². The van der Waals surface area contributed by atoms with Crippen LogP contribution in [-0.2, 0) is 24.0 Å². The van der Waals surface area contributed by atoms with E-state index in [0.29, 0.717) is 6.54 Å². The second kappa shape index (κ2) is 5.77. The summed E-state index contributed by atoms with van der Waals surface area (Å²) in [6.07, 6.45) is 0.384. The fourth-order valence-corrected chi connectivity index (χ4v) is 1.80. The normalized spacial score (nSPS) is 28.6. The summed E-state index contributed by atoms with van der Waals surface area (Å²) in [6, 6.07) is -1.24. The van der Waals surface area contributed by atoms with Crippen LogP contribution in [0.1, 0.15) is 13.8 Å². The van der Waals surface area contributed by atoms with Crippen LogP contribution in [0.5, 0.6) is 0 Å². The third-order valence-corrected chi connectivity index (χ3v) is 2.80. The molecule has 0 aromatic rings. The predicted molar refractivity (Wildman–Crippen MR) is 60.8 cm³/mol. The third kappa shape index (κ3) is 2.59. The largest absolute Gasteiger partial charge is 0.302 e. The molecule has 0 radical (unpaired) electrons. The summed E-state index contributed by atoms with van der Waals surface area (Å²) in [5.41, 5.74) is 0. The van der Waals surface area contributed by atoms with Gasteiger partial charge in [0.25, 0.3) is 0 Å². The van der Waals surface area contributed by atoms with Crippen LogP contribution >= 0.6 is 0 Å². The fraction of sp³-hybridized carbons (Fsp3) is 0.583. The van der Waals surface area contributed by atoms with Crippen LogP contribution in [-0.4, -0.2) is 42.5 Å². The van der Waals surface area contributed by atoms with Crippen LogP contribution in [0.25, 0.3) is 0 Å². The van der Waals surface area contributed by atoms with E-state index in [2.05, 4.69) is 5.32 Å². The first kappa shape index (κ1) is 14.4. The van der Waals surface area contributed by atoms with Gasteiger partial charge in [0.05, 0.1) is 0 Å². The van der Waals surface area contributed by atoms with Crippen LogP contribution in [0.3, 0.4) is 0 Å². The van der Waals surface area contributed by atoms with Crippen LogP contribution in [0.4, 0.5) is 0 Å². The summed E-state index contributed by atoms with van der Waals surface area (Å²) in [5, 5.41) is 2.70. The summed E-state index contributed by atoms with van der Waals surface area (Å²) in [4.78, 5) is 56.6. The second-order valence-electron chi connectivity index (χ2n) is 4.67. The molecule has 0 aromatic heterocycles. The molecule has 1 fully saturated rings. The smallest absolute Gasteiger partial charge is 0.174 e. The van der Waals surface area contributed by atoms with Crippen molar-refractivity contribution in [1.29, 1.82) is 0 Å². The van der Waals surface area contributed by atoms with Gasteiger partial charge in [0.15, 0.2) is 17.3 Å². The first-order chi connectivity index (χ1) is 8.43. The van der Waals surface area contributed by atoms with Crippen molar-refractivity contribution in [2.24, 2.45) is 17.8 Å². The quantitative estimate of drug-likeness (QED) is 0.496. The molecule has 1 saturated carbocycles. The summed E-state index contributed by atoms with van der Waals surface area (Å²) < 4.78 is 0. The van der Waals surface area contributed by atoms with Gasteiger partial charge >= 0.3 is 0 Å². The summed E-state index contributed by atoms with van der Waals surface area (Å²) in [6.45, 7) is 4.14. The Morgan fingerprint density at radius 2 is 1.44 bits per heavy atom. The molecule has 1 rings (SSSR count). The topological polar surface area (TPSA) is 97.4 Å². The number of rotatable bonds is 5. The van der Waals surface area contributed by atoms with E-state index in [-0.39, 0.29) is 18.5 Å². The number of nitrogens with one attached hydrogen (secondary N) is 1. The molecule has 6 nitrogen and oxygen atoms in total. The maximum atomic E-state index is 11.8. The van der Waals surface area contributed by atoms with E-state index in [4.69, 9.17) is 0 Å². The van der Waals surface area contributed by atoms with Crippen molar-refractivity contribution in [3.05, 3.63) is 0 Å². The van der Waals surface area contributed by atoms with E-state index in [9.17, 15) is 24.0 Å². The molecule has 0 aromatic carbocycles. The molecule has 0 heterocycles. The second-order valence-corrected chi connectivity index (χ2v) is 4.67. The number of hydrogen-bond acceptors (Lipinski definition) is 6. The van der Waals surface area contributed by atoms with Gasteiger partial charge in [-0.2, -0.15) is 0 Å². The molecule has 1 aliphatic carbocycles. The van der Waals surface area contributed by atoms with Crippen LogP contribution < -0.4 is 5.32 Å². The van der Waals surface area contributed by atoms with E-state index >= 15 is 0 Å². The first-order valence-electron chi connectivity index (χ1n) is 5.69. The van der Waals surface area contributed by atoms with Gasteiger partial charge < -0.3 is 14.9 Å². The molecule has 0 bridgehead atoms. The maximum Gasteiger partial charge on any atom is 0.174 e. The standard InChI is InChI=1S/C12H15NO5/c1-6(2)3-13-9-11(17)7(4-14)10(16)8(5-15)12(9)18/h4-9,13H,3H2,1-2H3. The summed E-state index contributed by atoms with van der Waals surface area (Å²) in [5.74, 6) is -5.28. The molecular formula is C12H15NO5. The van der Waals surface area contributed by atoms with Gasteiger partial charge in [-0.3, -0.25) is 14.4 Å². The molecule has 0 saturated heterocycles. The Morgan fingerprint density at radius 3 is 1.78 bits per heavy atom. The number of carbonyl (C=O) groups is 5. The molecule has 0 aliphatic heterocycles. The number of Topliss-reactive ketones (excluding diaryl/α,β-unsaturated/α-hetero) is 3. The lowest BCUT2D eigenvalue weighted by molar-refractivity contribution is -0.149. The SMILES string of the molecule is CC(C)CNC1C(=O)C(C=O)C(=O)C(C=O)C1=O. The highest BCUT2D eigenvalue weighted by atomic mass is 16.2. The fourth-order valence-electron chi connectivity index (χ4n) is 1.80. The van der Waals surface area contributed by atoms with Crippen LogP contribution in [0.15, 0.2) is 0 Å². The number of carbonyl (C=O) groups excluding carboxylic acids is 5. The Bertz CT molecular complexity index is 371. The Labute approximate surface area is 104 Å². The van der Waals surface area contributed by atoms with Gasteiger partial charge in [0.1, 0.15) is 30.4 Å². The molecule has 1 N–H and O–H groups in total. The van der Waals surface area contributed by atoms with Crippen molar-refractivity contribution >= 4 is 29.9 Å². The van der Waals surface area contributed by atoms with Crippen LogP contribution in [0, 0.1) is 17.8 Å². The molecular weight excluding hydrogens is 238 g/mol. The highest BCUT2D eigenvalue weighted by Crippen LogP contribution is 2.18. The zero-order valence-corrected chi connectivity index (χ0v) is 10.2. The number of hydrogen-bond donors (Lipinski definition) is 1. The average Bonchev–Trinajstić information content (AvgIpc) is 2.29. The minimum atomic E-state index is -1.51. The molecule has 98 valence electrons. The highest BCUT2D eigenvalue weighted by molar-refractivity contribution is 6.35. The van der Waals surface area contributed by atoms with Crippen molar-refractivity contribution in [2.45, 2.75) is 19.9 Å². The van der Waals surface area contributed by atoms with E-state index in [1.807, 2.05) is 13.8 Å². The zero-order chi connectivity index (χ0) is 13.9. The van der Waals surface area contributed by atoms with Gasteiger partial charge in [0, 0.05) is 0 Å². The predicted octanol–water partition coefficient (Wildman–Crippen LogP) is -1.05. The van der Waals surface area contributed by atoms with Crippen molar-refractivity contribution < 1.29 is 24.0 Å². The minimum Gasteiger partial charge on any atom is -0.302 e. The van der Waals surface area contributed by atoms with E-state index in [1.165, 1.54) is 0 Å². The van der Waals surface area contributed by atoms with Gasteiger partial charge in [-0.05, 0) is 12.5 Å². The van der Waals surface area contributed by atoms with Crippen molar-refractivity contribution in [2.75, 3.05) is 6.54 Å². The first-order valence-corrected chi connectivity index (χ1v) is 5.69. The van der Waals surface area contributed by atoms with E-state index in [0.717, 1.165) is 0 Å². The Balaban J connectivity index is 2.97. The lowest BCUT2D eigenvalue weighted by Crippen LogP contribution is -2.58. The number of ketones is 3. The van der Waals surface area contributed by atoms with E-state index < -0.39 is 35.2 Å². The molecule has 6 heteroatoms. The molecule has 1 aliphatic rings. The lowest BCUT2D eigenvalue weighted by Gasteiger charge is -2.27. The minimum absolute atomic E-state index is 0.188. The summed E-state index contributed by atoms with van der Waals surface area (Å²) in [7, 11) is 0. The molecule has 2 atom stereocenters. The molecule has 2 unspecified atom stereocenters. The van der Waals surface area contributed by atoms with E-state index in [1.54, 1.807) is 0 Å². The highest BCUT2D eigenvalue weighted by Gasteiger charge is 2.48. The zero-order valence-electron chi connectivity index (χ0n) is 10.2. The summed E-state index contributed by atoms with van der Waals surface area (Å²) >= 11 is 0. The Morgan fingerprint density at radius 1 is 1.00 bits per heavy atom. The maximum absolute atomic E-state index is 11.8. The number of aldehydes is 2. The van der Waals surface area contributed by atoms with Crippen molar-refractivity contribution in [3.63, 3.8) is 0 Å². The molecule has 0 amide bonds. The van der Waals surface area contributed by atoms with Crippen molar-refractivity contribution in [1.82, 2.24) is 5.32 Å². The average molecular weight is 253 g/mol. The monoisotopic (exact) mass is 253 g/mol. The van der Waals surface area contributed by atoms with Crippen molar-refractivity contribution in [3.8, 4) is 0 Å². The van der Waals surface area contributed by atoms with Crippen LogP contribution in [0.2, 0.25) is 0 Å². The van der Waals surface area contributed by atoms with Gasteiger partial charge in [-0.15, -0.1) is 0 Å².